The quantitative estimate of drug-likeness (QED) is 0.844. The molecule has 1 amide bonds. The van der Waals surface area contributed by atoms with Crippen LogP contribution >= 0.6 is 0 Å². The summed E-state index contributed by atoms with van der Waals surface area (Å²) in [6.45, 7) is 9.73. The molecule has 1 unspecified atom stereocenters. The van der Waals surface area contributed by atoms with Gasteiger partial charge in [-0.25, -0.2) is 0 Å². The van der Waals surface area contributed by atoms with E-state index in [0.717, 1.165) is 62.8 Å². The molecule has 1 atom stereocenters. The van der Waals surface area contributed by atoms with Crippen molar-refractivity contribution in [2.45, 2.75) is 45.9 Å². The number of hydrogen-bond donors (Lipinski definition) is 1. The lowest BCUT2D eigenvalue weighted by Gasteiger charge is -2.34. The first-order chi connectivity index (χ1) is 14.1. The molecule has 1 N–H and O–H groups in total. The first-order valence-corrected chi connectivity index (χ1v) is 10.5. The number of nitrogens with one attached hydrogen (secondary N) is 1. The van der Waals surface area contributed by atoms with Gasteiger partial charge in [0.05, 0.1) is 11.7 Å². The second-order valence-corrected chi connectivity index (χ2v) is 7.96. The van der Waals surface area contributed by atoms with E-state index in [1.165, 1.54) is 11.1 Å². The third-order valence-corrected chi connectivity index (χ3v) is 5.73. The standard InChI is InChI=1S/C23H30N4O2/c1-3-21-23(28)24-9-10-27(21)14-18-7-8-22-19(13-18)15-26(11-12-29-22)16-20-6-4-5-17(2)25-20/h4-8,13,21H,3,9-12,14-16H2,1-2H3,(H,24,28). The van der Waals surface area contributed by atoms with Crippen LogP contribution in [0.2, 0.25) is 0 Å². The molecule has 6 nitrogen and oxygen atoms in total. The van der Waals surface area contributed by atoms with Crippen LogP contribution in [0.15, 0.2) is 36.4 Å². The number of piperazine rings is 1. The molecule has 154 valence electrons. The highest BCUT2D eigenvalue weighted by atomic mass is 16.5. The van der Waals surface area contributed by atoms with E-state index >= 15 is 0 Å². The minimum absolute atomic E-state index is 0.0392. The second-order valence-electron chi connectivity index (χ2n) is 7.96. The minimum Gasteiger partial charge on any atom is -0.492 e. The maximum absolute atomic E-state index is 12.2. The molecule has 2 aliphatic heterocycles. The molecular weight excluding hydrogens is 364 g/mol. The van der Waals surface area contributed by atoms with Crippen molar-refractivity contribution in [3.8, 4) is 5.75 Å². The molecular formula is C23H30N4O2. The summed E-state index contributed by atoms with van der Waals surface area (Å²) in [7, 11) is 0. The van der Waals surface area contributed by atoms with Gasteiger partial charge in [0.1, 0.15) is 12.4 Å². The topological polar surface area (TPSA) is 57.7 Å². The Bertz CT molecular complexity index is 870. The Hall–Kier alpha value is -2.44. The van der Waals surface area contributed by atoms with Crippen LogP contribution in [0, 0.1) is 6.92 Å². The summed E-state index contributed by atoms with van der Waals surface area (Å²) in [5.74, 6) is 1.12. The number of carbonyl (C=O) groups is 1. The van der Waals surface area contributed by atoms with E-state index in [-0.39, 0.29) is 11.9 Å². The van der Waals surface area contributed by atoms with Crippen molar-refractivity contribution in [1.82, 2.24) is 20.1 Å². The molecule has 0 bridgehead atoms. The van der Waals surface area contributed by atoms with Gasteiger partial charge < -0.3 is 10.1 Å². The lowest BCUT2D eigenvalue weighted by molar-refractivity contribution is -0.129. The van der Waals surface area contributed by atoms with Crippen LogP contribution in [0.1, 0.15) is 35.9 Å². The summed E-state index contributed by atoms with van der Waals surface area (Å²) in [6.07, 6.45) is 0.831. The Labute approximate surface area is 172 Å². The molecule has 0 saturated carbocycles. The Balaban J connectivity index is 1.48. The Kier molecular flexibility index (Phi) is 6.11. The number of hydrogen-bond acceptors (Lipinski definition) is 5. The number of rotatable bonds is 5. The predicted molar refractivity (Wildman–Crippen MR) is 113 cm³/mol. The van der Waals surface area contributed by atoms with Crippen molar-refractivity contribution in [3.05, 3.63) is 58.9 Å². The van der Waals surface area contributed by atoms with Crippen LogP contribution in [-0.4, -0.2) is 53.0 Å². The monoisotopic (exact) mass is 394 g/mol. The summed E-state index contributed by atoms with van der Waals surface area (Å²) in [4.78, 5) is 21.5. The number of fused-ring (bicyclic) bond motifs is 1. The highest BCUT2D eigenvalue weighted by Crippen LogP contribution is 2.26. The zero-order valence-corrected chi connectivity index (χ0v) is 17.4. The van der Waals surface area contributed by atoms with Gasteiger partial charge in [0, 0.05) is 50.5 Å². The van der Waals surface area contributed by atoms with Crippen LogP contribution < -0.4 is 10.1 Å². The summed E-state index contributed by atoms with van der Waals surface area (Å²) in [6, 6.07) is 12.6. The fourth-order valence-corrected chi connectivity index (χ4v) is 4.28. The highest BCUT2D eigenvalue weighted by Gasteiger charge is 2.28. The van der Waals surface area contributed by atoms with Crippen LogP contribution in [0.25, 0.3) is 0 Å². The molecule has 1 aromatic heterocycles. The molecule has 0 radical (unpaired) electrons. The predicted octanol–water partition coefficient (Wildman–Crippen LogP) is 2.50. The number of amides is 1. The van der Waals surface area contributed by atoms with Gasteiger partial charge in [-0.2, -0.15) is 0 Å². The number of aromatic nitrogens is 1. The maximum Gasteiger partial charge on any atom is 0.237 e. The second kappa shape index (κ2) is 8.93. The molecule has 0 aliphatic carbocycles. The van der Waals surface area contributed by atoms with Gasteiger partial charge >= 0.3 is 0 Å². The lowest BCUT2D eigenvalue weighted by Crippen LogP contribution is -2.54. The van der Waals surface area contributed by atoms with Gasteiger partial charge in [-0.3, -0.25) is 19.6 Å². The smallest absolute Gasteiger partial charge is 0.237 e. The summed E-state index contributed by atoms with van der Waals surface area (Å²) in [5.41, 5.74) is 4.58. The van der Waals surface area contributed by atoms with Crippen LogP contribution in [0.5, 0.6) is 5.75 Å². The molecule has 4 rings (SSSR count). The van der Waals surface area contributed by atoms with Crippen molar-refractivity contribution in [2.24, 2.45) is 0 Å². The van der Waals surface area contributed by atoms with Gasteiger partial charge in [-0.1, -0.05) is 19.1 Å². The average Bonchev–Trinajstić information content (AvgIpc) is 2.89. The summed E-state index contributed by atoms with van der Waals surface area (Å²) < 4.78 is 6.00. The van der Waals surface area contributed by atoms with Gasteiger partial charge in [0.25, 0.3) is 0 Å². The first kappa shape index (κ1) is 19.9. The van der Waals surface area contributed by atoms with Gasteiger partial charge in [0.2, 0.25) is 5.91 Å². The van der Waals surface area contributed by atoms with E-state index < -0.39 is 0 Å². The van der Waals surface area contributed by atoms with Gasteiger partial charge in [0.15, 0.2) is 0 Å². The van der Waals surface area contributed by atoms with Crippen LogP contribution in [0.4, 0.5) is 0 Å². The molecule has 2 aromatic rings. The van der Waals surface area contributed by atoms with E-state index in [4.69, 9.17) is 4.74 Å². The van der Waals surface area contributed by atoms with Crippen LogP contribution in [-0.2, 0) is 24.4 Å². The first-order valence-electron chi connectivity index (χ1n) is 10.5. The maximum atomic E-state index is 12.2. The fraction of sp³-hybridized carbons (Fsp3) is 0.478. The van der Waals surface area contributed by atoms with E-state index in [0.29, 0.717) is 6.61 Å². The fourth-order valence-electron chi connectivity index (χ4n) is 4.28. The Morgan fingerprint density at radius 3 is 2.93 bits per heavy atom. The number of nitrogens with zero attached hydrogens (tertiary/aromatic N) is 3. The van der Waals surface area contributed by atoms with Crippen molar-refractivity contribution in [3.63, 3.8) is 0 Å². The Morgan fingerprint density at radius 2 is 2.10 bits per heavy atom. The van der Waals surface area contributed by atoms with Crippen molar-refractivity contribution < 1.29 is 9.53 Å². The van der Waals surface area contributed by atoms with Crippen molar-refractivity contribution in [2.75, 3.05) is 26.2 Å². The van der Waals surface area contributed by atoms with E-state index in [9.17, 15) is 4.79 Å². The zero-order valence-electron chi connectivity index (χ0n) is 17.4. The number of ether oxygens (including phenoxy) is 1. The average molecular weight is 395 g/mol. The van der Waals surface area contributed by atoms with Gasteiger partial charge in [-0.05, 0) is 43.2 Å². The van der Waals surface area contributed by atoms with Crippen LogP contribution in [0.3, 0.4) is 0 Å². The molecule has 3 heterocycles. The van der Waals surface area contributed by atoms with E-state index in [2.05, 4.69) is 57.4 Å². The highest BCUT2D eigenvalue weighted by molar-refractivity contribution is 5.82. The summed E-state index contributed by atoms with van der Waals surface area (Å²) >= 11 is 0. The van der Waals surface area contributed by atoms with Crippen molar-refractivity contribution >= 4 is 5.91 Å². The molecule has 29 heavy (non-hydrogen) atoms. The number of aryl methyl sites for hydroxylation is 1. The Morgan fingerprint density at radius 1 is 1.21 bits per heavy atom. The molecule has 0 spiro atoms. The number of carbonyl (C=O) groups excluding carboxylic acids is 1. The largest absolute Gasteiger partial charge is 0.492 e. The summed E-state index contributed by atoms with van der Waals surface area (Å²) in [5, 5.41) is 2.98. The van der Waals surface area contributed by atoms with Gasteiger partial charge in [-0.15, -0.1) is 0 Å². The molecule has 6 heteroatoms. The SMILES string of the molecule is CCC1C(=O)NCCN1Cc1ccc2c(c1)CN(Cc1cccc(C)n1)CCO2. The third-order valence-electron chi connectivity index (χ3n) is 5.73. The van der Waals surface area contributed by atoms with E-state index in [1.54, 1.807) is 0 Å². The zero-order chi connectivity index (χ0) is 20.2. The number of pyridine rings is 1. The molecule has 1 saturated heterocycles. The minimum atomic E-state index is -0.0392. The number of benzene rings is 1. The normalized spacial score (nSPS) is 20.5. The molecule has 1 aromatic carbocycles. The lowest BCUT2D eigenvalue weighted by atomic mass is 10.1. The van der Waals surface area contributed by atoms with Crippen molar-refractivity contribution in [1.29, 1.82) is 0 Å². The molecule has 1 fully saturated rings. The third kappa shape index (κ3) is 4.77. The molecule has 2 aliphatic rings. The van der Waals surface area contributed by atoms with E-state index in [1.807, 2.05) is 13.0 Å².